The molecule has 3 aliphatic heterocycles. The summed E-state index contributed by atoms with van der Waals surface area (Å²) >= 11 is 0. The Hall–Kier alpha value is -3.42. The van der Waals surface area contributed by atoms with E-state index in [1.165, 1.54) is 16.0 Å². The molecule has 186 valence electrons. The number of benzene rings is 3. The van der Waals surface area contributed by atoms with E-state index >= 15 is 0 Å². The normalized spacial score (nSPS) is 26.5. The number of imide groups is 1. The summed E-state index contributed by atoms with van der Waals surface area (Å²) < 4.78 is 0. The average molecular weight is 484 g/mol. The number of nitrogens with zero attached hydrogens (tertiary/aromatic N) is 4. The van der Waals surface area contributed by atoms with Gasteiger partial charge in [0.15, 0.2) is 0 Å². The van der Waals surface area contributed by atoms with Crippen LogP contribution in [0.4, 0.5) is 10.5 Å². The van der Waals surface area contributed by atoms with Gasteiger partial charge < -0.3 is 9.80 Å². The summed E-state index contributed by atoms with van der Waals surface area (Å²) in [6.07, 6.45) is -0.506. The molecule has 7 heteroatoms. The fourth-order valence-electron chi connectivity index (χ4n) is 6.07. The summed E-state index contributed by atoms with van der Waals surface area (Å²) in [5.74, 6) is 0.255. The molecule has 0 aromatic heterocycles. The zero-order valence-electron chi connectivity index (χ0n) is 21.3. The van der Waals surface area contributed by atoms with Gasteiger partial charge in [-0.1, -0.05) is 55.5 Å². The van der Waals surface area contributed by atoms with Crippen LogP contribution in [0.1, 0.15) is 23.6 Å². The van der Waals surface area contributed by atoms with Gasteiger partial charge in [0.25, 0.3) is 5.91 Å². The van der Waals surface area contributed by atoms with E-state index in [9.17, 15) is 9.59 Å². The van der Waals surface area contributed by atoms with Gasteiger partial charge in [-0.2, -0.15) is 0 Å². The number of aryl methyl sites for hydroxylation is 2. The lowest BCUT2D eigenvalue weighted by atomic mass is 10.0. The molecule has 0 aliphatic carbocycles. The van der Waals surface area contributed by atoms with Crippen LogP contribution in [-0.4, -0.2) is 65.3 Å². The van der Waals surface area contributed by atoms with Crippen molar-refractivity contribution in [3.05, 3.63) is 77.4 Å². The van der Waals surface area contributed by atoms with Crippen molar-refractivity contribution < 1.29 is 9.59 Å². The van der Waals surface area contributed by atoms with Gasteiger partial charge in [-0.05, 0) is 59.4 Å². The predicted molar refractivity (Wildman–Crippen MR) is 141 cm³/mol. The molecule has 3 amide bonds. The topological polar surface area (TPSA) is 59.1 Å². The smallest absolute Gasteiger partial charge is 0.328 e. The molecule has 0 saturated carbocycles. The van der Waals surface area contributed by atoms with Gasteiger partial charge in [-0.3, -0.25) is 19.9 Å². The fraction of sp³-hybridized carbons (Fsp3) is 0.379. The van der Waals surface area contributed by atoms with Crippen molar-refractivity contribution in [2.24, 2.45) is 5.92 Å². The number of rotatable bonds is 3. The van der Waals surface area contributed by atoms with E-state index in [1.807, 2.05) is 24.3 Å². The lowest BCUT2D eigenvalue weighted by Gasteiger charge is -2.46. The summed E-state index contributed by atoms with van der Waals surface area (Å²) in [5, 5.41) is 5.81. The third-order valence-electron chi connectivity index (χ3n) is 8.12. The van der Waals surface area contributed by atoms with E-state index in [0.717, 1.165) is 35.1 Å². The first kappa shape index (κ1) is 23.0. The molecule has 7 nitrogen and oxygen atoms in total. The van der Waals surface area contributed by atoms with Crippen LogP contribution in [-0.2, 0) is 11.3 Å². The summed E-state index contributed by atoms with van der Waals surface area (Å²) in [7, 11) is 1.80. The van der Waals surface area contributed by atoms with Crippen LogP contribution >= 0.6 is 0 Å². The largest absolute Gasteiger partial charge is 0.343 e. The molecule has 0 spiro atoms. The molecule has 1 N–H and O–H groups in total. The zero-order chi connectivity index (χ0) is 25.1. The number of anilines is 1. The Kier molecular flexibility index (Phi) is 5.50. The molecule has 3 aromatic carbocycles. The van der Waals surface area contributed by atoms with Gasteiger partial charge in [0.1, 0.15) is 18.5 Å². The van der Waals surface area contributed by atoms with Gasteiger partial charge in [0.05, 0.1) is 6.54 Å². The number of urea groups is 1. The number of likely N-dealkylation sites (N-methyl/N-ethyl adjacent to an activating group) is 1. The van der Waals surface area contributed by atoms with Crippen molar-refractivity contribution >= 4 is 28.4 Å². The van der Waals surface area contributed by atoms with Crippen LogP contribution < -0.4 is 10.2 Å². The lowest BCUT2D eigenvalue weighted by molar-refractivity contribution is -0.139. The third kappa shape index (κ3) is 3.57. The molecule has 4 unspecified atom stereocenters. The molecule has 0 bridgehead atoms. The highest BCUT2D eigenvalue weighted by atomic mass is 16.2. The van der Waals surface area contributed by atoms with E-state index in [2.05, 4.69) is 72.3 Å². The Bertz CT molecular complexity index is 1350. The minimum Gasteiger partial charge on any atom is -0.343 e. The highest BCUT2D eigenvalue weighted by Gasteiger charge is 2.56. The second-order valence-electron chi connectivity index (χ2n) is 10.6. The van der Waals surface area contributed by atoms with Crippen LogP contribution in [0.3, 0.4) is 0 Å². The van der Waals surface area contributed by atoms with Crippen LogP contribution in [0.15, 0.2) is 60.7 Å². The number of carbonyl (C=O) groups excluding carboxylic acids is 2. The highest BCUT2D eigenvalue weighted by Crippen LogP contribution is 2.35. The van der Waals surface area contributed by atoms with Crippen molar-refractivity contribution in [1.29, 1.82) is 0 Å². The summed E-state index contributed by atoms with van der Waals surface area (Å²) in [5.41, 5.74) is 4.63. The molecule has 3 saturated heterocycles. The van der Waals surface area contributed by atoms with E-state index < -0.39 is 6.04 Å². The molecule has 3 aromatic rings. The summed E-state index contributed by atoms with van der Waals surface area (Å²) in [6.45, 7) is 8.44. The number of amides is 3. The van der Waals surface area contributed by atoms with E-state index in [0.29, 0.717) is 5.92 Å². The first-order valence-corrected chi connectivity index (χ1v) is 12.7. The second kappa shape index (κ2) is 8.61. The predicted octanol–water partition coefficient (Wildman–Crippen LogP) is 3.89. The molecule has 36 heavy (non-hydrogen) atoms. The van der Waals surface area contributed by atoms with Crippen molar-refractivity contribution in [3.63, 3.8) is 0 Å². The maximum atomic E-state index is 14.0. The number of hydrogen-bond acceptors (Lipinski definition) is 5. The van der Waals surface area contributed by atoms with E-state index in [4.69, 9.17) is 0 Å². The van der Waals surface area contributed by atoms with Crippen molar-refractivity contribution in [1.82, 2.24) is 20.0 Å². The Balaban J connectivity index is 1.33. The first-order valence-electron chi connectivity index (χ1n) is 12.7. The number of hydrogen-bond donors (Lipinski definition) is 1. The van der Waals surface area contributed by atoms with Crippen molar-refractivity contribution in [3.8, 4) is 0 Å². The molecule has 3 aliphatic rings. The Morgan fingerprint density at radius 1 is 0.944 bits per heavy atom. The Morgan fingerprint density at radius 3 is 2.53 bits per heavy atom. The average Bonchev–Trinajstić information content (AvgIpc) is 3.26. The maximum absolute atomic E-state index is 14.0. The Morgan fingerprint density at radius 2 is 1.72 bits per heavy atom. The molecular weight excluding hydrogens is 450 g/mol. The van der Waals surface area contributed by atoms with E-state index in [1.54, 1.807) is 11.9 Å². The van der Waals surface area contributed by atoms with Gasteiger partial charge in [0, 0.05) is 25.8 Å². The molecule has 6 rings (SSSR count). The second-order valence-corrected chi connectivity index (χ2v) is 10.6. The Labute approximate surface area is 212 Å². The van der Waals surface area contributed by atoms with Crippen LogP contribution in [0, 0.1) is 19.8 Å². The quantitative estimate of drug-likeness (QED) is 0.613. The summed E-state index contributed by atoms with van der Waals surface area (Å²) in [6, 6.07) is 20.0. The minimum atomic E-state index is -0.426. The molecular formula is C29H33N5O2. The maximum Gasteiger partial charge on any atom is 0.328 e. The van der Waals surface area contributed by atoms with Gasteiger partial charge >= 0.3 is 6.03 Å². The molecule has 3 heterocycles. The number of nitrogens with one attached hydrogen (secondary N) is 1. The highest BCUT2D eigenvalue weighted by molar-refractivity contribution is 6.01. The van der Waals surface area contributed by atoms with Gasteiger partial charge in [0.2, 0.25) is 0 Å². The fourth-order valence-corrected chi connectivity index (χ4v) is 6.07. The third-order valence-corrected chi connectivity index (χ3v) is 8.12. The van der Waals surface area contributed by atoms with Crippen LogP contribution in [0.25, 0.3) is 10.8 Å². The summed E-state index contributed by atoms with van der Waals surface area (Å²) in [4.78, 5) is 35.2. The van der Waals surface area contributed by atoms with Gasteiger partial charge in [-0.25, -0.2) is 4.79 Å². The van der Waals surface area contributed by atoms with E-state index in [-0.39, 0.29) is 30.9 Å². The standard InChI is InChI=1S/C29H33N5O2/c1-18-15-32(23-13-12-19(2)20(3)14-23)28-30-26-25(33(28)16-18)27(35)34(29(36)31(26)4)17-22-10-7-9-21-8-5-6-11-24(21)22/h5-14,18,25-26,28,30H,15-17H2,1-4H3. The van der Waals surface area contributed by atoms with Crippen molar-refractivity contribution in [2.45, 2.75) is 45.8 Å². The monoisotopic (exact) mass is 483 g/mol. The van der Waals surface area contributed by atoms with Crippen molar-refractivity contribution in [2.75, 3.05) is 25.0 Å². The zero-order valence-corrected chi connectivity index (χ0v) is 21.3. The van der Waals surface area contributed by atoms with Crippen LogP contribution in [0.2, 0.25) is 0 Å². The SMILES string of the molecule is Cc1ccc(N2CC(C)CN3C4C(=O)N(Cc5cccc6ccccc56)C(=O)N(C)C4NC23)cc1C. The van der Waals surface area contributed by atoms with Gasteiger partial charge in [-0.15, -0.1) is 0 Å². The molecule has 3 fully saturated rings. The van der Waals surface area contributed by atoms with Crippen LogP contribution in [0.5, 0.6) is 0 Å². The minimum absolute atomic E-state index is 0.125. The number of carbonyl (C=O) groups is 2. The molecule has 0 radical (unpaired) electrons. The lowest BCUT2D eigenvalue weighted by Crippen LogP contribution is -2.66. The first-order chi connectivity index (χ1) is 17.3. The molecule has 4 atom stereocenters. The number of fused-ring (bicyclic) bond motifs is 4.